The van der Waals surface area contributed by atoms with Crippen LogP contribution < -0.4 is 11.1 Å². The van der Waals surface area contributed by atoms with Crippen molar-refractivity contribution in [3.05, 3.63) is 58.9 Å². The Bertz CT molecular complexity index is 638. The number of nitrogens with two attached hydrogens (primary N) is 1. The second-order valence-electron chi connectivity index (χ2n) is 4.50. The van der Waals surface area contributed by atoms with Crippen molar-refractivity contribution in [2.24, 2.45) is 0 Å². The van der Waals surface area contributed by atoms with E-state index in [1.165, 1.54) is 12.1 Å². The summed E-state index contributed by atoms with van der Waals surface area (Å²) >= 11 is 0. The van der Waals surface area contributed by atoms with E-state index in [9.17, 15) is 9.18 Å². The molecular weight excluding hydrogens is 243 g/mol. The molecule has 0 spiro atoms. The molecule has 0 aliphatic heterocycles. The third kappa shape index (κ3) is 2.91. The van der Waals surface area contributed by atoms with Crippen molar-refractivity contribution in [1.82, 2.24) is 0 Å². The molecule has 0 saturated carbocycles. The number of benzene rings is 2. The number of amides is 1. The van der Waals surface area contributed by atoms with E-state index in [0.717, 1.165) is 5.56 Å². The monoisotopic (exact) mass is 258 g/mol. The Morgan fingerprint density at radius 1 is 1.16 bits per heavy atom. The number of halogens is 1. The first-order chi connectivity index (χ1) is 8.97. The lowest BCUT2D eigenvalue weighted by molar-refractivity contribution is 0.102. The number of nitrogens with one attached hydrogen (secondary N) is 1. The Labute approximate surface area is 111 Å². The van der Waals surface area contributed by atoms with Crippen molar-refractivity contribution in [1.29, 1.82) is 0 Å². The van der Waals surface area contributed by atoms with E-state index in [4.69, 9.17) is 5.73 Å². The van der Waals surface area contributed by atoms with E-state index < -0.39 is 5.82 Å². The largest absolute Gasteiger partial charge is 0.397 e. The van der Waals surface area contributed by atoms with Crippen molar-refractivity contribution in [2.45, 2.75) is 13.8 Å². The van der Waals surface area contributed by atoms with Crippen molar-refractivity contribution in [3.8, 4) is 0 Å². The molecule has 0 fully saturated rings. The second kappa shape index (κ2) is 5.10. The van der Waals surface area contributed by atoms with Crippen LogP contribution in [0.3, 0.4) is 0 Å². The molecule has 98 valence electrons. The molecule has 0 atom stereocenters. The average molecular weight is 258 g/mol. The molecule has 19 heavy (non-hydrogen) atoms. The van der Waals surface area contributed by atoms with Crippen LogP contribution in [0.25, 0.3) is 0 Å². The van der Waals surface area contributed by atoms with Gasteiger partial charge in [0.25, 0.3) is 5.91 Å². The summed E-state index contributed by atoms with van der Waals surface area (Å²) in [6, 6.07) is 9.48. The van der Waals surface area contributed by atoms with Gasteiger partial charge in [0.15, 0.2) is 0 Å². The lowest BCUT2D eigenvalue weighted by Crippen LogP contribution is -2.15. The minimum absolute atomic E-state index is 0.306. The maximum absolute atomic E-state index is 13.2. The lowest BCUT2D eigenvalue weighted by atomic mass is 10.1. The number of carbonyl (C=O) groups is 1. The van der Waals surface area contributed by atoms with Gasteiger partial charge >= 0.3 is 0 Å². The van der Waals surface area contributed by atoms with Crippen molar-refractivity contribution in [2.75, 3.05) is 11.1 Å². The Kier molecular flexibility index (Phi) is 3.51. The van der Waals surface area contributed by atoms with Gasteiger partial charge in [-0.15, -0.1) is 0 Å². The standard InChI is InChI=1S/C15H15FN2O/c1-9-3-6-13(17)14(7-9)18-15(19)12-8-11(16)5-4-10(12)2/h3-8H,17H2,1-2H3,(H,18,19). The number of carbonyl (C=O) groups excluding carboxylic acids is 1. The van der Waals surface area contributed by atoms with Crippen LogP contribution in [0.1, 0.15) is 21.5 Å². The Morgan fingerprint density at radius 2 is 1.89 bits per heavy atom. The van der Waals surface area contributed by atoms with E-state index in [-0.39, 0.29) is 5.91 Å². The van der Waals surface area contributed by atoms with E-state index in [1.807, 2.05) is 13.0 Å². The van der Waals surface area contributed by atoms with Crippen LogP contribution in [0.5, 0.6) is 0 Å². The van der Waals surface area contributed by atoms with Gasteiger partial charge in [0.05, 0.1) is 11.4 Å². The average Bonchev–Trinajstić information content (AvgIpc) is 2.36. The lowest BCUT2D eigenvalue weighted by Gasteiger charge is -2.10. The normalized spacial score (nSPS) is 10.3. The number of anilines is 2. The molecule has 4 heteroatoms. The molecule has 2 rings (SSSR count). The maximum Gasteiger partial charge on any atom is 0.256 e. The summed E-state index contributed by atoms with van der Waals surface area (Å²) in [5.74, 6) is -0.803. The van der Waals surface area contributed by atoms with E-state index in [1.54, 1.807) is 25.1 Å². The fourth-order valence-corrected chi connectivity index (χ4v) is 1.81. The molecule has 2 aromatic carbocycles. The summed E-state index contributed by atoms with van der Waals surface area (Å²) in [6.45, 7) is 3.66. The Hall–Kier alpha value is -2.36. The van der Waals surface area contributed by atoms with Gasteiger partial charge in [-0.2, -0.15) is 0 Å². The summed E-state index contributed by atoms with van der Waals surface area (Å²) < 4.78 is 13.2. The molecule has 1 amide bonds. The third-order valence-corrected chi connectivity index (χ3v) is 2.90. The zero-order valence-electron chi connectivity index (χ0n) is 10.8. The van der Waals surface area contributed by atoms with Gasteiger partial charge in [0.2, 0.25) is 0 Å². The highest BCUT2D eigenvalue weighted by Gasteiger charge is 2.11. The van der Waals surface area contributed by atoms with E-state index in [0.29, 0.717) is 22.5 Å². The van der Waals surface area contributed by atoms with Crippen LogP contribution in [-0.4, -0.2) is 5.91 Å². The summed E-state index contributed by atoms with van der Waals surface area (Å²) in [5, 5.41) is 2.70. The summed E-state index contributed by atoms with van der Waals surface area (Å²) in [7, 11) is 0. The number of hydrogen-bond acceptors (Lipinski definition) is 2. The molecule has 0 heterocycles. The molecule has 0 radical (unpaired) electrons. The highest BCUT2D eigenvalue weighted by Crippen LogP contribution is 2.21. The van der Waals surface area contributed by atoms with Gasteiger partial charge in [-0.25, -0.2) is 4.39 Å². The fourth-order valence-electron chi connectivity index (χ4n) is 1.81. The Balaban J connectivity index is 2.30. The summed E-state index contributed by atoms with van der Waals surface area (Å²) in [4.78, 5) is 12.1. The molecule has 2 aromatic rings. The summed E-state index contributed by atoms with van der Waals surface area (Å²) in [6.07, 6.45) is 0. The molecule has 3 N–H and O–H groups in total. The molecule has 0 saturated heterocycles. The zero-order chi connectivity index (χ0) is 14.0. The SMILES string of the molecule is Cc1ccc(N)c(NC(=O)c2cc(F)ccc2C)c1. The number of hydrogen-bond donors (Lipinski definition) is 2. The van der Waals surface area contributed by atoms with Crippen LogP contribution in [0.2, 0.25) is 0 Å². The predicted molar refractivity (Wildman–Crippen MR) is 74.7 cm³/mol. The first-order valence-corrected chi connectivity index (χ1v) is 5.91. The first-order valence-electron chi connectivity index (χ1n) is 5.91. The molecule has 0 aliphatic carbocycles. The summed E-state index contributed by atoms with van der Waals surface area (Å²) in [5.41, 5.74) is 8.82. The minimum Gasteiger partial charge on any atom is -0.397 e. The van der Waals surface area contributed by atoms with Gasteiger partial charge in [-0.1, -0.05) is 12.1 Å². The topological polar surface area (TPSA) is 55.1 Å². The molecule has 0 bridgehead atoms. The van der Waals surface area contributed by atoms with Crippen molar-refractivity contribution >= 4 is 17.3 Å². The van der Waals surface area contributed by atoms with Crippen molar-refractivity contribution < 1.29 is 9.18 Å². The molecular formula is C15H15FN2O. The first kappa shape index (κ1) is 13.1. The van der Waals surface area contributed by atoms with Crippen LogP contribution in [-0.2, 0) is 0 Å². The maximum atomic E-state index is 13.2. The van der Waals surface area contributed by atoms with E-state index in [2.05, 4.69) is 5.32 Å². The highest BCUT2D eigenvalue weighted by atomic mass is 19.1. The van der Waals surface area contributed by atoms with Crippen LogP contribution in [0.15, 0.2) is 36.4 Å². The smallest absolute Gasteiger partial charge is 0.256 e. The Morgan fingerprint density at radius 3 is 2.63 bits per heavy atom. The fraction of sp³-hybridized carbons (Fsp3) is 0.133. The third-order valence-electron chi connectivity index (χ3n) is 2.90. The van der Waals surface area contributed by atoms with Crippen LogP contribution in [0.4, 0.5) is 15.8 Å². The van der Waals surface area contributed by atoms with Crippen LogP contribution in [0, 0.1) is 19.7 Å². The molecule has 0 unspecified atom stereocenters. The van der Waals surface area contributed by atoms with Gasteiger partial charge < -0.3 is 11.1 Å². The molecule has 0 aliphatic rings. The van der Waals surface area contributed by atoms with Crippen LogP contribution >= 0.6 is 0 Å². The number of nitrogen functional groups attached to an aromatic ring is 1. The number of aryl methyl sites for hydroxylation is 2. The zero-order valence-corrected chi connectivity index (χ0v) is 10.8. The van der Waals surface area contributed by atoms with Gasteiger partial charge in [-0.3, -0.25) is 4.79 Å². The van der Waals surface area contributed by atoms with Gasteiger partial charge in [0.1, 0.15) is 5.82 Å². The van der Waals surface area contributed by atoms with Crippen molar-refractivity contribution in [3.63, 3.8) is 0 Å². The van der Waals surface area contributed by atoms with Gasteiger partial charge in [0, 0.05) is 5.56 Å². The highest BCUT2D eigenvalue weighted by molar-refractivity contribution is 6.06. The minimum atomic E-state index is -0.437. The van der Waals surface area contributed by atoms with Gasteiger partial charge in [-0.05, 0) is 49.2 Å². The molecule has 3 nitrogen and oxygen atoms in total. The predicted octanol–water partition coefficient (Wildman–Crippen LogP) is 3.28. The molecule has 0 aromatic heterocycles. The van der Waals surface area contributed by atoms with E-state index >= 15 is 0 Å². The quantitative estimate of drug-likeness (QED) is 0.812. The second-order valence-corrected chi connectivity index (χ2v) is 4.50. The number of rotatable bonds is 2.